The molecule has 0 radical (unpaired) electrons. The molecule has 1 saturated heterocycles. The number of nitrogens with two attached hydrogens (primary N) is 1. The molecule has 2 rings (SSSR count). The SMILES string of the molecule is NC(=S)C(c1ccccn1)N1CCCCC1. The van der Waals surface area contributed by atoms with E-state index in [1.54, 1.807) is 6.20 Å². The highest BCUT2D eigenvalue weighted by atomic mass is 32.1. The van der Waals surface area contributed by atoms with E-state index < -0.39 is 0 Å². The molecule has 0 aromatic carbocycles. The van der Waals surface area contributed by atoms with Crippen LogP contribution in [0.1, 0.15) is 31.0 Å². The molecule has 0 amide bonds. The second-order valence-corrected chi connectivity index (χ2v) is 4.63. The number of hydrogen-bond donors (Lipinski definition) is 1. The summed E-state index contributed by atoms with van der Waals surface area (Å²) in [6.45, 7) is 2.14. The van der Waals surface area contributed by atoms with Crippen molar-refractivity contribution >= 4 is 17.2 Å². The van der Waals surface area contributed by atoms with Crippen LogP contribution in [-0.2, 0) is 0 Å². The molecule has 3 nitrogen and oxygen atoms in total. The fourth-order valence-corrected chi connectivity index (χ4v) is 2.50. The first-order valence-corrected chi connectivity index (χ1v) is 6.14. The third kappa shape index (κ3) is 2.57. The summed E-state index contributed by atoms with van der Waals surface area (Å²) in [7, 11) is 0. The third-order valence-electron chi connectivity index (χ3n) is 2.99. The Hall–Kier alpha value is -1.00. The minimum Gasteiger partial charge on any atom is -0.392 e. The largest absolute Gasteiger partial charge is 0.392 e. The quantitative estimate of drug-likeness (QED) is 0.813. The predicted octanol–water partition coefficient (Wildman–Crippen LogP) is 1.89. The Bertz CT molecular complexity index is 347. The lowest BCUT2D eigenvalue weighted by Gasteiger charge is -2.33. The van der Waals surface area contributed by atoms with Gasteiger partial charge < -0.3 is 5.73 Å². The first-order valence-electron chi connectivity index (χ1n) is 5.73. The van der Waals surface area contributed by atoms with Gasteiger partial charge in [0.25, 0.3) is 0 Å². The zero-order chi connectivity index (χ0) is 11.4. The molecule has 1 aromatic rings. The fraction of sp³-hybridized carbons (Fsp3) is 0.500. The average Bonchev–Trinajstić information content (AvgIpc) is 2.31. The van der Waals surface area contributed by atoms with Crippen LogP contribution in [0, 0.1) is 0 Å². The van der Waals surface area contributed by atoms with Crippen LogP contribution in [0.3, 0.4) is 0 Å². The van der Waals surface area contributed by atoms with Crippen LogP contribution >= 0.6 is 12.2 Å². The second kappa shape index (κ2) is 5.37. The summed E-state index contributed by atoms with van der Waals surface area (Å²) in [6.07, 6.45) is 5.56. The standard InChI is InChI=1S/C12H17N3S/c13-12(16)11(10-6-2-3-7-14-10)15-8-4-1-5-9-15/h2-3,6-7,11H,1,4-5,8-9H2,(H2,13,16). The van der Waals surface area contributed by atoms with E-state index in [9.17, 15) is 0 Å². The molecule has 86 valence electrons. The van der Waals surface area contributed by atoms with Crippen molar-refractivity contribution in [2.24, 2.45) is 5.73 Å². The third-order valence-corrected chi connectivity index (χ3v) is 3.22. The second-order valence-electron chi connectivity index (χ2n) is 4.16. The van der Waals surface area contributed by atoms with Gasteiger partial charge in [-0.15, -0.1) is 0 Å². The lowest BCUT2D eigenvalue weighted by molar-refractivity contribution is 0.201. The van der Waals surface area contributed by atoms with Crippen molar-refractivity contribution in [1.29, 1.82) is 0 Å². The van der Waals surface area contributed by atoms with Crippen LogP contribution in [0.4, 0.5) is 0 Å². The van der Waals surface area contributed by atoms with E-state index in [2.05, 4.69) is 9.88 Å². The molecule has 1 fully saturated rings. The van der Waals surface area contributed by atoms with E-state index in [1.165, 1.54) is 19.3 Å². The maximum absolute atomic E-state index is 5.85. The van der Waals surface area contributed by atoms with Gasteiger partial charge in [-0.1, -0.05) is 24.7 Å². The van der Waals surface area contributed by atoms with Gasteiger partial charge in [0, 0.05) is 6.20 Å². The van der Waals surface area contributed by atoms with E-state index in [4.69, 9.17) is 18.0 Å². The summed E-state index contributed by atoms with van der Waals surface area (Å²) in [6, 6.07) is 5.91. The van der Waals surface area contributed by atoms with Crippen molar-refractivity contribution in [3.05, 3.63) is 30.1 Å². The summed E-state index contributed by atoms with van der Waals surface area (Å²) >= 11 is 5.18. The fourth-order valence-electron chi connectivity index (χ4n) is 2.23. The Balaban J connectivity index is 2.20. The summed E-state index contributed by atoms with van der Waals surface area (Å²) < 4.78 is 0. The summed E-state index contributed by atoms with van der Waals surface area (Å²) in [4.78, 5) is 7.24. The van der Waals surface area contributed by atoms with Gasteiger partial charge in [-0.2, -0.15) is 0 Å². The van der Waals surface area contributed by atoms with Gasteiger partial charge in [0.15, 0.2) is 0 Å². The number of rotatable bonds is 3. The minimum atomic E-state index is 0.0106. The molecule has 1 aromatic heterocycles. The maximum Gasteiger partial charge on any atom is 0.103 e. The first-order chi connectivity index (χ1) is 7.79. The molecule has 16 heavy (non-hydrogen) atoms. The van der Waals surface area contributed by atoms with E-state index in [0.29, 0.717) is 4.99 Å². The Labute approximate surface area is 102 Å². The molecule has 1 aliphatic heterocycles. The topological polar surface area (TPSA) is 42.1 Å². The zero-order valence-corrected chi connectivity index (χ0v) is 10.1. The Morgan fingerprint density at radius 2 is 2.06 bits per heavy atom. The zero-order valence-electron chi connectivity index (χ0n) is 9.30. The molecule has 0 bridgehead atoms. The highest BCUT2D eigenvalue weighted by molar-refractivity contribution is 7.80. The van der Waals surface area contributed by atoms with Gasteiger partial charge in [0.05, 0.1) is 10.7 Å². The van der Waals surface area contributed by atoms with Crippen LogP contribution in [0.5, 0.6) is 0 Å². The Morgan fingerprint density at radius 3 is 2.62 bits per heavy atom. The van der Waals surface area contributed by atoms with Crippen LogP contribution in [0.15, 0.2) is 24.4 Å². The van der Waals surface area contributed by atoms with Crippen molar-refractivity contribution in [2.45, 2.75) is 25.3 Å². The molecule has 0 spiro atoms. The molecular formula is C12H17N3S. The number of pyridine rings is 1. The van der Waals surface area contributed by atoms with Crippen molar-refractivity contribution in [3.8, 4) is 0 Å². The molecule has 0 saturated carbocycles. The molecule has 2 N–H and O–H groups in total. The van der Waals surface area contributed by atoms with Crippen molar-refractivity contribution in [3.63, 3.8) is 0 Å². The highest BCUT2D eigenvalue weighted by Crippen LogP contribution is 2.23. The van der Waals surface area contributed by atoms with E-state index in [-0.39, 0.29) is 6.04 Å². The molecule has 1 atom stereocenters. The molecule has 2 heterocycles. The number of aromatic nitrogens is 1. The minimum absolute atomic E-state index is 0.0106. The Morgan fingerprint density at radius 1 is 1.31 bits per heavy atom. The summed E-state index contributed by atoms with van der Waals surface area (Å²) in [5.74, 6) is 0. The van der Waals surface area contributed by atoms with Gasteiger partial charge in [0.2, 0.25) is 0 Å². The van der Waals surface area contributed by atoms with Crippen molar-refractivity contribution in [2.75, 3.05) is 13.1 Å². The van der Waals surface area contributed by atoms with E-state index in [1.807, 2.05) is 18.2 Å². The van der Waals surface area contributed by atoms with Crippen molar-refractivity contribution < 1.29 is 0 Å². The summed E-state index contributed by atoms with van der Waals surface area (Å²) in [5.41, 5.74) is 6.82. The average molecular weight is 235 g/mol. The van der Waals surface area contributed by atoms with E-state index >= 15 is 0 Å². The van der Waals surface area contributed by atoms with Gasteiger partial charge in [-0.25, -0.2) is 0 Å². The van der Waals surface area contributed by atoms with Crippen LogP contribution in [0.25, 0.3) is 0 Å². The molecule has 0 aliphatic carbocycles. The van der Waals surface area contributed by atoms with Gasteiger partial charge in [-0.3, -0.25) is 9.88 Å². The number of likely N-dealkylation sites (tertiary alicyclic amines) is 1. The van der Waals surface area contributed by atoms with Crippen LogP contribution in [-0.4, -0.2) is 28.0 Å². The maximum atomic E-state index is 5.85. The molecule has 1 aliphatic rings. The van der Waals surface area contributed by atoms with E-state index in [0.717, 1.165) is 18.8 Å². The van der Waals surface area contributed by atoms with Gasteiger partial charge in [-0.05, 0) is 38.1 Å². The number of thiocarbonyl (C=S) groups is 1. The normalized spacial score (nSPS) is 19.2. The monoisotopic (exact) mass is 235 g/mol. The summed E-state index contributed by atoms with van der Waals surface area (Å²) in [5, 5.41) is 0. The lowest BCUT2D eigenvalue weighted by atomic mass is 10.1. The number of hydrogen-bond acceptors (Lipinski definition) is 3. The van der Waals surface area contributed by atoms with Gasteiger partial charge in [0.1, 0.15) is 6.04 Å². The molecule has 1 unspecified atom stereocenters. The highest BCUT2D eigenvalue weighted by Gasteiger charge is 2.25. The van der Waals surface area contributed by atoms with Crippen molar-refractivity contribution in [1.82, 2.24) is 9.88 Å². The molecular weight excluding hydrogens is 218 g/mol. The van der Waals surface area contributed by atoms with Crippen LogP contribution < -0.4 is 5.73 Å². The first kappa shape index (κ1) is 11.5. The predicted molar refractivity (Wildman–Crippen MR) is 69.2 cm³/mol. The van der Waals surface area contributed by atoms with Crippen LogP contribution in [0.2, 0.25) is 0 Å². The van der Waals surface area contributed by atoms with Gasteiger partial charge >= 0.3 is 0 Å². The Kier molecular flexibility index (Phi) is 3.85. The number of nitrogens with zero attached hydrogens (tertiary/aromatic N) is 2. The smallest absolute Gasteiger partial charge is 0.103 e. The molecule has 4 heteroatoms. The number of piperidine rings is 1. The lowest BCUT2D eigenvalue weighted by Crippen LogP contribution is -2.40.